The fraction of sp³-hybridized carbons (Fsp3) is 0.667. The molecule has 0 bridgehead atoms. The van der Waals surface area contributed by atoms with Crippen molar-refractivity contribution in [2.45, 2.75) is 77.4 Å². The summed E-state index contributed by atoms with van der Waals surface area (Å²) in [6.07, 6.45) is 8.01. The van der Waals surface area contributed by atoms with Gasteiger partial charge in [-0.05, 0) is 62.9 Å². The lowest BCUT2D eigenvalue weighted by Crippen LogP contribution is -2.65. The molecule has 1 saturated carbocycles. The molecule has 31 heavy (non-hydrogen) atoms. The van der Waals surface area contributed by atoms with Gasteiger partial charge in [0.15, 0.2) is 5.58 Å². The van der Waals surface area contributed by atoms with Gasteiger partial charge in [-0.15, -0.1) is 0 Å². The molecule has 1 N–H and O–H groups in total. The molecule has 1 atom stereocenters. The second-order valence-electron chi connectivity index (χ2n) is 9.41. The van der Waals surface area contributed by atoms with Crippen molar-refractivity contribution in [2.75, 3.05) is 18.1 Å². The van der Waals surface area contributed by atoms with Gasteiger partial charge in [0, 0.05) is 24.7 Å². The van der Waals surface area contributed by atoms with Crippen molar-refractivity contribution in [2.24, 2.45) is 5.92 Å². The van der Waals surface area contributed by atoms with E-state index in [1.54, 1.807) is 6.26 Å². The number of carbonyl (C=O) groups excluding carboxylic acids is 2. The molecular weight excluding hydrogens is 410 g/mol. The highest BCUT2D eigenvalue weighted by Crippen LogP contribution is 2.33. The first-order valence-corrected chi connectivity index (χ1v) is 12.9. The van der Waals surface area contributed by atoms with Gasteiger partial charge in [-0.25, -0.2) is 0 Å². The number of hydrogen-bond donors (Lipinski definition) is 1. The van der Waals surface area contributed by atoms with Crippen LogP contribution < -0.4 is 5.32 Å². The smallest absolute Gasteiger partial charge is 0.271 e. The van der Waals surface area contributed by atoms with Gasteiger partial charge in [0.25, 0.3) is 5.91 Å². The van der Waals surface area contributed by atoms with E-state index in [0.717, 1.165) is 61.5 Å². The SMILES string of the molecule is CCCSCCCN1C(=O)c2cc3occc3n2C[C@@]1(C)C(=O)NC1CCC(C)CC1. The fourth-order valence-electron chi connectivity index (χ4n) is 4.94. The van der Waals surface area contributed by atoms with Crippen LogP contribution in [0.5, 0.6) is 0 Å². The molecule has 1 aliphatic heterocycles. The highest BCUT2D eigenvalue weighted by atomic mass is 32.2. The maximum atomic E-state index is 13.6. The summed E-state index contributed by atoms with van der Waals surface area (Å²) in [5.74, 6) is 2.75. The summed E-state index contributed by atoms with van der Waals surface area (Å²) in [5, 5.41) is 3.30. The normalized spacial score (nSPS) is 26.3. The Morgan fingerprint density at radius 3 is 2.81 bits per heavy atom. The molecule has 2 aromatic rings. The Labute approximate surface area is 189 Å². The maximum Gasteiger partial charge on any atom is 0.271 e. The van der Waals surface area contributed by atoms with Crippen LogP contribution in [0, 0.1) is 5.92 Å². The molecule has 6 nitrogen and oxygen atoms in total. The number of aromatic nitrogens is 1. The predicted octanol–water partition coefficient (Wildman–Crippen LogP) is 4.68. The molecule has 4 rings (SSSR count). The van der Waals surface area contributed by atoms with E-state index in [4.69, 9.17) is 4.42 Å². The van der Waals surface area contributed by atoms with Gasteiger partial charge in [0.1, 0.15) is 11.2 Å². The monoisotopic (exact) mass is 445 g/mol. The Morgan fingerprint density at radius 1 is 1.29 bits per heavy atom. The molecule has 3 heterocycles. The lowest BCUT2D eigenvalue weighted by molar-refractivity contribution is -0.133. The van der Waals surface area contributed by atoms with Crippen molar-refractivity contribution in [3.8, 4) is 0 Å². The number of thioether (sulfide) groups is 1. The van der Waals surface area contributed by atoms with Gasteiger partial charge < -0.3 is 19.2 Å². The van der Waals surface area contributed by atoms with Crippen LogP contribution in [0.1, 0.15) is 69.8 Å². The topological polar surface area (TPSA) is 67.5 Å². The van der Waals surface area contributed by atoms with Crippen molar-refractivity contribution in [1.82, 2.24) is 14.8 Å². The molecule has 2 amide bonds. The standard InChI is InChI=1S/C24H35N3O3S/c1-4-13-31-14-5-11-27-22(28)20-15-21-19(10-12-30-21)26(20)16-24(27,3)23(29)25-18-8-6-17(2)7-9-18/h10,12,15,17-18H,4-9,11,13-14,16H2,1-3H3,(H,25,29)/t17?,18?,24-/m0/s1. The van der Waals surface area contributed by atoms with Crippen molar-refractivity contribution < 1.29 is 14.0 Å². The Hall–Kier alpha value is -1.89. The molecule has 0 radical (unpaired) electrons. The molecule has 2 aliphatic rings. The first kappa shape index (κ1) is 22.3. The van der Waals surface area contributed by atoms with Crippen LogP contribution in [-0.2, 0) is 11.3 Å². The zero-order valence-electron chi connectivity index (χ0n) is 19.0. The molecule has 7 heteroatoms. The van der Waals surface area contributed by atoms with E-state index in [1.807, 2.05) is 40.3 Å². The van der Waals surface area contributed by atoms with Gasteiger partial charge >= 0.3 is 0 Å². The quantitative estimate of drug-likeness (QED) is 0.599. The second kappa shape index (κ2) is 9.31. The van der Waals surface area contributed by atoms with Gasteiger partial charge in [-0.3, -0.25) is 9.59 Å². The summed E-state index contributed by atoms with van der Waals surface area (Å²) in [7, 11) is 0. The lowest BCUT2D eigenvalue weighted by Gasteiger charge is -2.45. The number of nitrogens with zero attached hydrogens (tertiary/aromatic N) is 2. The summed E-state index contributed by atoms with van der Waals surface area (Å²) in [5.41, 5.74) is 1.29. The number of carbonyl (C=O) groups is 2. The summed E-state index contributed by atoms with van der Waals surface area (Å²) in [4.78, 5) is 29.0. The Bertz CT molecular complexity index is 928. The van der Waals surface area contributed by atoms with Crippen LogP contribution in [0.3, 0.4) is 0 Å². The third-order valence-electron chi connectivity index (χ3n) is 6.91. The van der Waals surface area contributed by atoms with Crippen molar-refractivity contribution in [1.29, 1.82) is 0 Å². The van der Waals surface area contributed by atoms with Crippen LogP contribution in [0.25, 0.3) is 11.1 Å². The third-order valence-corrected chi connectivity index (χ3v) is 8.18. The minimum atomic E-state index is -0.911. The van der Waals surface area contributed by atoms with E-state index in [0.29, 0.717) is 24.4 Å². The van der Waals surface area contributed by atoms with Gasteiger partial charge in [0.05, 0.1) is 18.3 Å². The molecule has 0 unspecified atom stereocenters. The molecule has 170 valence electrons. The summed E-state index contributed by atoms with van der Waals surface area (Å²) in [6.45, 7) is 7.43. The van der Waals surface area contributed by atoms with E-state index in [9.17, 15) is 9.59 Å². The number of hydrogen-bond acceptors (Lipinski definition) is 4. The van der Waals surface area contributed by atoms with E-state index < -0.39 is 5.54 Å². The summed E-state index contributed by atoms with van der Waals surface area (Å²) >= 11 is 1.91. The van der Waals surface area contributed by atoms with Gasteiger partial charge in [-0.2, -0.15) is 11.8 Å². The van der Waals surface area contributed by atoms with Crippen molar-refractivity contribution in [3.05, 3.63) is 24.1 Å². The zero-order chi connectivity index (χ0) is 22.0. The molecular formula is C24H35N3O3S. The first-order chi connectivity index (χ1) is 14.9. The third kappa shape index (κ3) is 4.38. The van der Waals surface area contributed by atoms with Crippen LogP contribution in [0.4, 0.5) is 0 Å². The summed E-state index contributed by atoms with van der Waals surface area (Å²) in [6, 6.07) is 3.90. The average Bonchev–Trinajstić information content (AvgIpc) is 3.34. The highest BCUT2D eigenvalue weighted by molar-refractivity contribution is 7.99. The van der Waals surface area contributed by atoms with Crippen molar-refractivity contribution in [3.63, 3.8) is 0 Å². The lowest BCUT2D eigenvalue weighted by atomic mass is 9.86. The fourth-order valence-corrected chi connectivity index (χ4v) is 5.77. The second-order valence-corrected chi connectivity index (χ2v) is 10.6. The van der Waals surface area contributed by atoms with Crippen LogP contribution in [0.15, 0.2) is 22.8 Å². The number of rotatable bonds is 8. The first-order valence-electron chi connectivity index (χ1n) is 11.7. The van der Waals surface area contributed by atoms with Crippen LogP contribution in [-0.4, -0.2) is 50.9 Å². The molecule has 0 saturated heterocycles. The molecule has 0 spiro atoms. The predicted molar refractivity (Wildman–Crippen MR) is 125 cm³/mol. The number of furan rings is 1. The highest BCUT2D eigenvalue weighted by Gasteiger charge is 2.48. The zero-order valence-corrected chi connectivity index (χ0v) is 19.8. The minimum absolute atomic E-state index is 0.0300. The average molecular weight is 446 g/mol. The Morgan fingerprint density at radius 2 is 2.06 bits per heavy atom. The van der Waals surface area contributed by atoms with E-state index in [-0.39, 0.29) is 17.9 Å². The summed E-state index contributed by atoms with van der Waals surface area (Å²) < 4.78 is 7.51. The van der Waals surface area contributed by atoms with Crippen LogP contribution in [0.2, 0.25) is 0 Å². The Kier molecular flexibility index (Phi) is 6.70. The van der Waals surface area contributed by atoms with E-state index in [1.165, 1.54) is 0 Å². The van der Waals surface area contributed by atoms with E-state index in [2.05, 4.69) is 19.2 Å². The van der Waals surface area contributed by atoms with Gasteiger partial charge in [-0.1, -0.05) is 13.8 Å². The molecule has 0 aromatic carbocycles. The van der Waals surface area contributed by atoms with Gasteiger partial charge in [0.2, 0.25) is 5.91 Å². The molecule has 1 fully saturated rings. The number of fused-ring (bicyclic) bond motifs is 3. The number of nitrogens with one attached hydrogen (secondary N) is 1. The molecule has 2 aromatic heterocycles. The molecule has 1 aliphatic carbocycles. The largest absolute Gasteiger partial charge is 0.463 e. The van der Waals surface area contributed by atoms with Crippen LogP contribution >= 0.6 is 11.8 Å². The Balaban J connectivity index is 1.57. The maximum absolute atomic E-state index is 13.6. The number of amides is 2. The van der Waals surface area contributed by atoms with E-state index >= 15 is 0 Å². The minimum Gasteiger partial charge on any atom is -0.463 e. The van der Waals surface area contributed by atoms with Crippen molar-refractivity contribution >= 4 is 34.7 Å².